The molecule has 1 aromatic carbocycles. The van der Waals surface area contributed by atoms with E-state index in [1.807, 2.05) is 19.1 Å². The number of aryl methyl sites for hydroxylation is 1. The first-order valence-electron chi connectivity index (χ1n) is 3.69. The van der Waals surface area contributed by atoms with Gasteiger partial charge in [0.2, 0.25) is 0 Å². The molecule has 0 aromatic heterocycles. The molecule has 0 fully saturated rings. The van der Waals surface area contributed by atoms with Gasteiger partial charge < -0.3 is 0 Å². The molecule has 3 nitrogen and oxygen atoms in total. The van der Waals surface area contributed by atoms with Gasteiger partial charge in [-0.1, -0.05) is 29.8 Å². The van der Waals surface area contributed by atoms with Gasteiger partial charge in [0.1, 0.15) is 0 Å². The predicted octanol–water partition coefficient (Wildman–Crippen LogP) is 1.85. The zero-order valence-electron chi connectivity index (χ0n) is 7.14. The summed E-state index contributed by atoms with van der Waals surface area (Å²) in [6, 6.07) is 7.28. The van der Waals surface area contributed by atoms with Crippen LogP contribution in [-0.4, -0.2) is 13.0 Å². The molecular formula is C9H10O3S. The molecule has 0 unspecified atom stereocenters. The van der Waals surface area contributed by atoms with E-state index in [1.54, 1.807) is 12.1 Å². The molecule has 13 heavy (non-hydrogen) atoms. The van der Waals surface area contributed by atoms with Crippen LogP contribution in [0.15, 0.2) is 29.7 Å². The number of benzene rings is 1. The van der Waals surface area contributed by atoms with Crippen LogP contribution in [0.1, 0.15) is 11.1 Å². The Morgan fingerprint density at radius 3 is 2.23 bits per heavy atom. The molecule has 0 saturated carbocycles. The van der Waals surface area contributed by atoms with E-state index in [0.29, 0.717) is 0 Å². The average Bonchev–Trinajstić information content (AvgIpc) is 2.02. The van der Waals surface area contributed by atoms with Crippen LogP contribution in [-0.2, 0) is 10.1 Å². The predicted molar refractivity (Wildman–Crippen MR) is 51.8 cm³/mol. The zero-order valence-corrected chi connectivity index (χ0v) is 7.95. The van der Waals surface area contributed by atoms with Crippen molar-refractivity contribution >= 4 is 16.2 Å². The van der Waals surface area contributed by atoms with Crippen LogP contribution in [0.4, 0.5) is 0 Å². The Bertz CT molecular complexity index is 401. The van der Waals surface area contributed by atoms with Gasteiger partial charge in [-0.15, -0.1) is 0 Å². The number of rotatable bonds is 2. The standard InChI is InChI=1S/C9H10O3S/c1-8-2-4-9(5-3-8)6-7-13(10,11)12/h2-7H,1H3,(H,10,11,12)/b7-6+. The van der Waals surface area contributed by atoms with Crippen LogP contribution in [0, 0.1) is 6.92 Å². The van der Waals surface area contributed by atoms with E-state index in [2.05, 4.69) is 0 Å². The van der Waals surface area contributed by atoms with E-state index in [9.17, 15) is 8.42 Å². The maximum absolute atomic E-state index is 10.3. The van der Waals surface area contributed by atoms with Gasteiger partial charge in [0.05, 0.1) is 5.41 Å². The van der Waals surface area contributed by atoms with Gasteiger partial charge in [-0.25, -0.2) is 0 Å². The van der Waals surface area contributed by atoms with Gasteiger partial charge in [0, 0.05) is 0 Å². The van der Waals surface area contributed by atoms with E-state index < -0.39 is 10.1 Å². The van der Waals surface area contributed by atoms with Crippen molar-refractivity contribution in [2.24, 2.45) is 0 Å². The maximum atomic E-state index is 10.3. The van der Waals surface area contributed by atoms with Crippen LogP contribution in [0.5, 0.6) is 0 Å². The molecule has 0 amide bonds. The van der Waals surface area contributed by atoms with Crippen LogP contribution in [0.2, 0.25) is 0 Å². The lowest BCUT2D eigenvalue weighted by molar-refractivity contribution is 0.494. The lowest BCUT2D eigenvalue weighted by Gasteiger charge is -1.93. The third kappa shape index (κ3) is 3.87. The summed E-state index contributed by atoms with van der Waals surface area (Å²) >= 11 is 0. The van der Waals surface area contributed by atoms with E-state index in [-0.39, 0.29) is 0 Å². The van der Waals surface area contributed by atoms with Crippen LogP contribution in [0.3, 0.4) is 0 Å². The SMILES string of the molecule is Cc1ccc(/C=C/S(=O)(=O)O)cc1. The molecule has 4 heteroatoms. The van der Waals surface area contributed by atoms with Crippen LogP contribution >= 0.6 is 0 Å². The minimum absolute atomic E-state index is 0.739. The fourth-order valence-corrected chi connectivity index (χ4v) is 1.17. The Labute approximate surface area is 77.5 Å². The fourth-order valence-electron chi connectivity index (χ4n) is 0.842. The molecule has 0 heterocycles. The summed E-state index contributed by atoms with van der Waals surface area (Å²) in [6.07, 6.45) is 1.34. The molecule has 0 bridgehead atoms. The summed E-state index contributed by atoms with van der Waals surface area (Å²) in [5.41, 5.74) is 1.84. The minimum Gasteiger partial charge on any atom is -0.282 e. The highest BCUT2D eigenvalue weighted by molar-refractivity contribution is 7.88. The lowest BCUT2D eigenvalue weighted by Crippen LogP contribution is -1.88. The summed E-state index contributed by atoms with van der Waals surface area (Å²) in [6.45, 7) is 1.94. The summed E-state index contributed by atoms with van der Waals surface area (Å²) in [4.78, 5) is 0. The average molecular weight is 198 g/mol. The molecule has 1 rings (SSSR count). The van der Waals surface area contributed by atoms with Crippen molar-refractivity contribution < 1.29 is 13.0 Å². The maximum Gasteiger partial charge on any atom is 0.287 e. The molecule has 0 atom stereocenters. The molecule has 0 spiro atoms. The zero-order chi connectivity index (χ0) is 9.90. The Kier molecular flexibility index (Phi) is 2.85. The summed E-state index contributed by atoms with van der Waals surface area (Å²) < 4.78 is 29.1. The van der Waals surface area contributed by atoms with Crippen molar-refractivity contribution in [2.75, 3.05) is 0 Å². The fraction of sp³-hybridized carbons (Fsp3) is 0.111. The first kappa shape index (κ1) is 9.95. The van der Waals surface area contributed by atoms with Crippen molar-refractivity contribution in [3.8, 4) is 0 Å². The number of hydrogen-bond donors (Lipinski definition) is 1. The highest BCUT2D eigenvalue weighted by atomic mass is 32.2. The van der Waals surface area contributed by atoms with Crippen LogP contribution < -0.4 is 0 Å². The minimum atomic E-state index is -4.01. The van der Waals surface area contributed by atoms with Crippen LogP contribution in [0.25, 0.3) is 6.08 Å². The first-order chi connectivity index (χ1) is 5.97. The summed E-state index contributed by atoms with van der Waals surface area (Å²) in [5.74, 6) is 0. The Balaban J connectivity index is 2.88. The second-order valence-electron chi connectivity index (χ2n) is 2.73. The lowest BCUT2D eigenvalue weighted by atomic mass is 10.2. The smallest absolute Gasteiger partial charge is 0.282 e. The monoisotopic (exact) mass is 198 g/mol. The highest BCUT2D eigenvalue weighted by Crippen LogP contribution is 2.05. The van der Waals surface area contributed by atoms with Crippen molar-refractivity contribution in [3.05, 3.63) is 40.8 Å². The Morgan fingerprint density at radius 1 is 1.23 bits per heavy atom. The van der Waals surface area contributed by atoms with Crippen molar-refractivity contribution in [3.63, 3.8) is 0 Å². The summed E-state index contributed by atoms with van der Waals surface area (Å²) in [7, 11) is -4.01. The molecule has 0 aliphatic heterocycles. The quantitative estimate of drug-likeness (QED) is 0.738. The van der Waals surface area contributed by atoms with Crippen molar-refractivity contribution in [2.45, 2.75) is 6.92 Å². The Hall–Kier alpha value is -1.13. The van der Waals surface area contributed by atoms with Gasteiger partial charge >= 0.3 is 0 Å². The molecule has 1 aromatic rings. The molecule has 1 N–H and O–H groups in total. The molecule has 0 radical (unpaired) electrons. The first-order valence-corrected chi connectivity index (χ1v) is 5.20. The molecule has 0 saturated heterocycles. The van der Waals surface area contributed by atoms with Gasteiger partial charge in [-0.05, 0) is 18.6 Å². The van der Waals surface area contributed by atoms with Gasteiger partial charge in [-0.3, -0.25) is 4.55 Å². The van der Waals surface area contributed by atoms with E-state index in [0.717, 1.165) is 16.5 Å². The third-order valence-corrected chi connectivity index (χ3v) is 1.99. The van der Waals surface area contributed by atoms with Crippen molar-refractivity contribution in [1.82, 2.24) is 0 Å². The number of hydrogen-bond acceptors (Lipinski definition) is 2. The van der Waals surface area contributed by atoms with Crippen molar-refractivity contribution in [1.29, 1.82) is 0 Å². The van der Waals surface area contributed by atoms with E-state index >= 15 is 0 Å². The van der Waals surface area contributed by atoms with Gasteiger partial charge in [-0.2, -0.15) is 8.42 Å². The third-order valence-electron chi connectivity index (χ3n) is 1.51. The highest BCUT2D eigenvalue weighted by Gasteiger charge is 1.94. The molecule has 0 aliphatic rings. The molecule has 0 aliphatic carbocycles. The van der Waals surface area contributed by atoms with E-state index in [4.69, 9.17) is 4.55 Å². The Morgan fingerprint density at radius 2 is 1.77 bits per heavy atom. The second kappa shape index (κ2) is 3.72. The summed E-state index contributed by atoms with van der Waals surface area (Å²) in [5, 5.41) is 0.762. The van der Waals surface area contributed by atoms with E-state index in [1.165, 1.54) is 6.08 Å². The topological polar surface area (TPSA) is 54.4 Å². The second-order valence-corrected chi connectivity index (χ2v) is 4.03. The van der Waals surface area contributed by atoms with Gasteiger partial charge in [0.15, 0.2) is 0 Å². The molecule has 70 valence electrons. The largest absolute Gasteiger partial charge is 0.287 e. The van der Waals surface area contributed by atoms with Gasteiger partial charge in [0.25, 0.3) is 10.1 Å². The molecular weight excluding hydrogens is 188 g/mol. The normalized spacial score (nSPS) is 12.2.